The van der Waals surface area contributed by atoms with E-state index in [0.29, 0.717) is 6.54 Å². The third-order valence-electron chi connectivity index (χ3n) is 2.76. The smallest absolute Gasteiger partial charge is 0.410 e. The number of nitrogens with zero attached hydrogens (tertiary/aromatic N) is 1. The molecule has 0 radical (unpaired) electrons. The third kappa shape index (κ3) is 2.64. The van der Waals surface area contributed by atoms with Gasteiger partial charge < -0.3 is 19.4 Å². The van der Waals surface area contributed by atoms with Crippen molar-refractivity contribution in [3.8, 4) is 0 Å². The molecule has 0 aromatic carbocycles. The van der Waals surface area contributed by atoms with Gasteiger partial charge in [-0.2, -0.15) is 0 Å². The van der Waals surface area contributed by atoms with E-state index in [0.717, 1.165) is 0 Å². The van der Waals surface area contributed by atoms with Crippen molar-refractivity contribution in [1.82, 2.24) is 10.2 Å². The normalized spacial score (nSPS) is 19.2. The maximum atomic E-state index is 11.6. The van der Waals surface area contributed by atoms with E-state index in [9.17, 15) is 9.59 Å². The van der Waals surface area contributed by atoms with Gasteiger partial charge in [-0.05, 0) is 26.0 Å². The molecule has 0 saturated carbocycles. The van der Waals surface area contributed by atoms with E-state index in [4.69, 9.17) is 9.15 Å². The Bertz CT molecular complexity index is 427. The molecular weight excluding hydrogens is 236 g/mol. The summed E-state index contributed by atoms with van der Waals surface area (Å²) in [4.78, 5) is 24.7. The van der Waals surface area contributed by atoms with Crippen molar-refractivity contribution in [2.45, 2.75) is 26.0 Å². The van der Waals surface area contributed by atoms with E-state index >= 15 is 0 Å². The summed E-state index contributed by atoms with van der Waals surface area (Å²) in [6.45, 7) is 4.62. The predicted molar refractivity (Wildman–Crippen MR) is 63.2 cm³/mol. The van der Waals surface area contributed by atoms with Crippen LogP contribution in [0.2, 0.25) is 0 Å². The highest BCUT2D eigenvalue weighted by Gasteiger charge is 2.32. The highest BCUT2D eigenvalue weighted by Crippen LogP contribution is 2.13. The second kappa shape index (κ2) is 5.12. The third-order valence-corrected chi connectivity index (χ3v) is 2.76. The number of carbonyl (C=O) groups excluding carboxylic acids is 2. The summed E-state index contributed by atoms with van der Waals surface area (Å²) in [5, 5.41) is 2.67. The first-order valence-electron chi connectivity index (χ1n) is 5.87. The predicted octanol–water partition coefficient (Wildman–Crippen LogP) is 1.24. The van der Waals surface area contributed by atoms with Gasteiger partial charge >= 0.3 is 6.09 Å². The van der Waals surface area contributed by atoms with E-state index in [1.807, 2.05) is 13.8 Å². The standard InChI is InChI=1S/C12H16N2O4/c1-8(2)14-7-9(18-12(14)16)6-13-11(15)10-4-3-5-17-10/h3-5,8-9H,6-7H2,1-2H3,(H,13,15). The number of amides is 2. The molecule has 0 aliphatic carbocycles. The Morgan fingerprint density at radius 3 is 2.94 bits per heavy atom. The molecule has 2 rings (SSSR count). The summed E-state index contributed by atoms with van der Waals surface area (Å²) in [6, 6.07) is 3.32. The van der Waals surface area contributed by atoms with Gasteiger partial charge in [0.1, 0.15) is 6.10 Å². The Morgan fingerprint density at radius 1 is 1.61 bits per heavy atom. The average molecular weight is 252 g/mol. The van der Waals surface area contributed by atoms with Gasteiger partial charge in [0.2, 0.25) is 0 Å². The van der Waals surface area contributed by atoms with Crippen molar-refractivity contribution in [3.63, 3.8) is 0 Å². The van der Waals surface area contributed by atoms with Crippen LogP contribution in [0.3, 0.4) is 0 Å². The fourth-order valence-corrected chi connectivity index (χ4v) is 1.77. The molecule has 2 amide bonds. The molecule has 1 fully saturated rings. The van der Waals surface area contributed by atoms with Gasteiger partial charge in [0.25, 0.3) is 5.91 Å². The number of hydrogen-bond donors (Lipinski definition) is 1. The second-order valence-electron chi connectivity index (χ2n) is 4.44. The first kappa shape index (κ1) is 12.5. The number of carbonyl (C=O) groups is 2. The van der Waals surface area contributed by atoms with Crippen molar-refractivity contribution in [1.29, 1.82) is 0 Å². The van der Waals surface area contributed by atoms with Gasteiger partial charge in [-0.3, -0.25) is 4.79 Å². The molecule has 0 bridgehead atoms. The quantitative estimate of drug-likeness (QED) is 0.875. The number of ether oxygens (including phenoxy) is 1. The number of hydrogen-bond acceptors (Lipinski definition) is 4. The van der Waals surface area contributed by atoms with Crippen molar-refractivity contribution < 1.29 is 18.7 Å². The number of rotatable bonds is 4. The van der Waals surface area contributed by atoms with E-state index in [1.54, 1.807) is 17.0 Å². The zero-order valence-electron chi connectivity index (χ0n) is 10.4. The largest absolute Gasteiger partial charge is 0.459 e. The number of nitrogens with one attached hydrogen (secondary N) is 1. The Hall–Kier alpha value is -1.98. The van der Waals surface area contributed by atoms with Crippen LogP contribution in [0.1, 0.15) is 24.4 Å². The van der Waals surface area contributed by atoms with E-state index in [1.165, 1.54) is 6.26 Å². The van der Waals surface area contributed by atoms with E-state index in [2.05, 4.69) is 5.32 Å². The summed E-state index contributed by atoms with van der Waals surface area (Å²) in [6.07, 6.45) is 0.798. The number of cyclic esters (lactones) is 1. The molecule has 98 valence electrons. The van der Waals surface area contributed by atoms with Crippen molar-refractivity contribution in [3.05, 3.63) is 24.2 Å². The molecule has 1 aromatic heterocycles. The van der Waals surface area contributed by atoms with E-state index in [-0.39, 0.29) is 36.5 Å². The Morgan fingerprint density at radius 2 is 2.39 bits per heavy atom. The van der Waals surface area contributed by atoms with Crippen LogP contribution >= 0.6 is 0 Å². The lowest BCUT2D eigenvalue weighted by molar-refractivity contribution is 0.0888. The Kier molecular flexibility index (Phi) is 3.55. The first-order chi connectivity index (χ1) is 8.58. The summed E-state index contributed by atoms with van der Waals surface area (Å²) in [7, 11) is 0. The van der Waals surface area contributed by atoms with Gasteiger partial charge in [0.05, 0.1) is 19.4 Å². The van der Waals surface area contributed by atoms with Crippen LogP contribution in [0.4, 0.5) is 4.79 Å². The minimum absolute atomic E-state index is 0.100. The molecule has 1 unspecified atom stereocenters. The highest BCUT2D eigenvalue weighted by atomic mass is 16.6. The Balaban J connectivity index is 1.82. The topological polar surface area (TPSA) is 71.8 Å². The Labute approximate surface area is 105 Å². The molecular formula is C12H16N2O4. The molecule has 1 N–H and O–H groups in total. The van der Waals surface area contributed by atoms with E-state index < -0.39 is 0 Å². The lowest BCUT2D eigenvalue weighted by Crippen LogP contribution is -2.36. The van der Waals surface area contributed by atoms with Crippen LogP contribution in [0.25, 0.3) is 0 Å². The van der Waals surface area contributed by atoms with Gasteiger partial charge in [0, 0.05) is 6.04 Å². The maximum absolute atomic E-state index is 11.6. The minimum Gasteiger partial charge on any atom is -0.459 e. The molecule has 1 atom stereocenters. The fourth-order valence-electron chi connectivity index (χ4n) is 1.77. The number of furan rings is 1. The zero-order chi connectivity index (χ0) is 13.1. The summed E-state index contributed by atoms with van der Waals surface area (Å²) < 4.78 is 10.1. The van der Waals surface area contributed by atoms with Gasteiger partial charge in [-0.15, -0.1) is 0 Å². The van der Waals surface area contributed by atoms with Gasteiger partial charge in [-0.1, -0.05) is 0 Å². The lowest BCUT2D eigenvalue weighted by atomic mass is 10.3. The molecule has 1 aromatic rings. The van der Waals surface area contributed by atoms with Crippen LogP contribution in [0.5, 0.6) is 0 Å². The minimum atomic E-state index is -0.331. The molecule has 1 aliphatic heterocycles. The molecule has 2 heterocycles. The van der Waals surface area contributed by atoms with Gasteiger partial charge in [-0.25, -0.2) is 4.79 Å². The lowest BCUT2D eigenvalue weighted by Gasteiger charge is -2.16. The SMILES string of the molecule is CC(C)N1CC(CNC(=O)c2ccco2)OC1=O. The highest BCUT2D eigenvalue weighted by molar-refractivity contribution is 5.91. The first-order valence-corrected chi connectivity index (χ1v) is 5.87. The van der Waals surface area contributed by atoms with Crippen LogP contribution in [0, 0.1) is 0 Å². The molecule has 6 nitrogen and oxygen atoms in total. The summed E-state index contributed by atoms with van der Waals surface area (Å²) in [5.74, 6) is -0.0564. The second-order valence-corrected chi connectivity index (χ2v) is 4.44. The monoisotopic (exact) mass is 252 g/mol. The average Bonchev–Trinajstić information content (AvgIpc) is 2.94. The van der Waals surface area contributed by atoms with Crippen LogP contribution < -0.4 is 5.32 Å². The molecule has 1 aliphatic rings. The van der Waals surface area contributed by atoms with Crippen molar-refractivity contribution in [2.75, 3.05) is 13.1 Å². The van der Waals surface area contributed by atoms with Crippen molar-refractivity contribution >= 4 is 12.0 Å². The zero-order valence-corrected chi connectivity index (χ0v) is 10.4. The van der Waals surface area contributed by atoms with Crippen LogP contribution in [-0.4, -0.2) is 42.1 Å². The fraction of sp³-hybridized carbons (Fsp3) is 0.500. The summed E-state index contributed by atoms with van der Waals surface area (Å²) >= 11 is 0. The van der Waals surface area contributed by atoms with Crippen LogP contribution in [0.15, 0.2) is 22.8 Å². The summed E-state index contributed by atoms with van der Waals surface area (Å²) in [5.41, 5.74) is 0. The molecule has 1 saturated heterocycles. The van der Waals surface area contributed by atoms with Gasteiger partial charge in [0.15, 0.2) is 5.76 Å². The van der Waals surface area contributed by atoms with Crippen molar-refractivity contribution in [2.24, 2.45) is 0 Å². The molecule has 0 spiro atoms. The molecule has 6 heteroatoms. The molecule has 18 heavy (non-hydrogen) atoms. The maximum Gasteiger partial charge on any atom is 0.410 e. The van der Waals surface area contributed by atoms with Crippen LogP contribution in [-0.2, 0) is 4.74 Å².